The Morgan fingerprint density at radius 1 is 1.03 bits per heavy atom. The molecule has 2 fully saturated rings. The summed E-state index contributed by atoms with van der Waals surface area (Å²) in [5.41, 5.74) is 0. The van der Waals surface area contributed by atoms with Crippen LogP contribution in [0.1, 0.15) is 79.6 Å². The summed E-state index contributed by atoms with van der Waals surface area (Å²) in [6, 6.07) is 0. The summed E-state index contributed by atoms with van der Waals surface area (Å²) in [6.45, 7) is 10.1. The minimum atomic E-state index is -0.624. The number of esters is 1. The number of carbonyl (C=O) groups excluding carboxylic acids is 5. The van der Waals surface area contributed by atoms with E-state index < -0.39 is 24.1 Å². The highest BCUT2D eigenvalue weighted by molar-refractivity contribution is 6.01. The number of hydrogen-bond acceptors (Lipinski definition) is 9. The molecule has 11 heteroatoms. The second-order valence-corrected chi connectivity index (χ2v) is 9.76. The van der Waals surface area contributed by atoms with Gasteiger partial charge in [-0.05, 0) is 38.0 Å². The Bertz CT molecular complexity index is 786. The molecule has 204 valence electrons. The molecule has 1 N–H and O–H groups in total. The van der Waals surface area contributed by atoms with Crippen molar-refractivity contribution in [1.82, 2.24) is 10.4 Å². The van der Waals surface area contributed by atoms with Crippen molar-refractivity contribution in [3.8, 4) is 0 Å². The Balaban J connectivity index is 1.69. The second-order valence-electron chi connectivity index (χ2n) is 9.76. The molecule has 2 aliphatic heterocycles. The lowest BCUT2D eigenvalue weighted by atomic mass is 9.79. The maximum Gasteiger partial charge on any atom is 0.333 e. The number of rotatable bonds is 13. The van der Waals surface area contributed by atoms with Gasteiger partial charge < -0.3 is 24.4 Å². The van der Waals surface area contributed by atoms with Crippen molar-refractivity contribution < 1.29 is 43.0 Å². The Kier molecular flexibility index (Phi) is 11.8. The van der Waals surface area contributed by atoms with Crippen LogP contribution in [0.25, 0.3) is 0 Å². The molecule has 3 amide bonds. The largest absolute Gasteiger partial charge is 0.463 e. The van der Waals surface area contributed by atoms with Gasteiger partial charge in [0, 0.05) is 51.7 Å². The van der Waals surface area contributed by atoms with Gasteiger partial charge in [0.1, 0.15) is 0 Å². The van der Waals surface area contributed by atoms with Gasteiger partial charge in [-0.15, -0.1) is 5.06 Å². The quantitative estimate of drug-likeness (QED) is 0.224. The van der Waals surface area contributed by atoms with E-state index in [9.17, 15) is 24.0 Å². The molecule has 0 radical (unpaired) electrons. The van der Waals surface area contributed by atoms with Crippen LogP contribution in [0.4, 0.5) is 0 Å². The van der Waals surface area contributed by atoms with Gasteiger partial charge in [-0.1, -0.05) is 20.8 Å². The first-order valence-electron chi connectivity index (χ1n) is 12.8. The van der Waals surface area contributed by atoms with Gasteiger partial charge in [0.05, 0.1) is 12.2 Å². The van der Waals surface area contributed by atoms with Crippen molar-refractivity contribution >= 4 is 29.7 Å². The van der Waals surface area contributed by atoms with E-state index in [0.29, 0.717) is 43.4 Å². The van der Waals surface area contributed by atoms with E-state index in [2.05, 4.69) is 26.1 Å². The Labute approximate surface area is 212 Å². The van der Waals surface area contributed by atoms with Gasteiger partial charge in [0.15, 0.2) is 6.29 Å². The molecule has 2 saturated heterocycles. The lowest BCUT2D eigenvalue weighted by molar-refractivity contribution is -0.246. The van der Waals surface area contributed by atoms with Gasteiger partial charge in [0.25, 0.3) is 11.8 Å². The lowest BCUT2D eigenvalue weighted by Crippen LogP contribution is -2.50. The molecule has 6 unspecified atom stereocenters. The molecule has 0 aromatic rings. The third kappa shape index (κ3) is 9.16. The first-order valence-corrected chi connectivity index (χ1v) is 12.8. The van der Waals surface area contributed by atoms with E-state index in [4.69, 9.17) is 19.0 Å². The first kappa shape index (κ1) is 29.7. The zero-order valence-corrected chi connectivity index (χ0v) is 21.9. The molecule has 0 aromatic carbocycles. The smallest absolute Gasteiger partial charge is 0.333 e. The summed E-state index contributed by atoms with van der Waals surface area (Å²) in [5, 5.41) is 3.46. The molecule has 0 aromatic heterocycles. The number of carbonyl (C=O) groups is 5. The Hall–Kier alpha value is -2.53. The molecule has 0 bridgehead atoms. The van der Waals surface area contributed by atoms with E-state index in [0.717, 1.165) is 0 Å². The predicted molar refractivity (Wildman–Crippen MR) is 127 cm³/mol. The molecule has 0 aliphatic carbocycles. The Morgan fingerprint density at radius 2 is 1.69 bits per heavy atom. The van der Waals surface area contributed by atoms with E-state index in [1.54, 1.807) is 6.92 Å². The van der Waals surface area contributed by atoms with Crippen molar-refractivity contribution in [2.24, 2.45) is 17.8 Å². The maximum atomic E-state index is 12.2. The molecule has 0 saturated carbocycles. The highest BCUT2D eigenvalue weighted by Crippen LogP contribution is 2.35. The van der Waals surface area contributed by atoms with Crippen molar-refractivity contribution in [3.05, 3.63) is 0 Å². The Morgan fingerprint density at radius 3 is 2.33 bits per heavy atom. The molecule has 6 atom stereocenters. The molecule has 2 aliphatic rings. The van der Waals surface area contributed by atoms with Gasteiger partial charge >= 0.3 is 11.9 Å². The first-order chi connectivity index (χ1) is 17.0. The summed E-state index contributed by atoms with van der Waals surface area (Å²) in [4.78, 5) is 63.0. The van der Waals surface area contributed by atoms with Crippen LogP contribution in [0.5, 0.6) is 0 Å². The van der Waals surface area contributed by atoms with Crippen molar-refractivity contribution in [2.45, 2.75) is 98.1 Å². The third-order valence-corrected chi connectivity index (χ3v) is 6.89. The number of ether oxygens (including phenoxy) is 3. The predicted octanol–water partition coefficient (Wildman–Crippen LogP) is 2.26. The van der Waals surface area contributed by atoms with Crippen LogP contribution in [-0.4, -0.2) is 66.4 Å². The zero-order chi connectivity index (χ0) is 26.8. The number of hydrogen-bond donors (Lipinski definition) is 1. The van der Waals surface area contributed by atoms with Gasteiger partial charge in [-0.3, -0.25) is 19.2 Å². The van der Waals surface area contributed by atoms with Gasteiger partial charge in [0.2, 0.25) is 5.91 Å². The monoisotopic (exact) mass is 512 g/mol. The summed E-state index contributed by atoms with van der Waals surface area (Å²) >= 11 is 0. The number of hydroxylamine groups is 2. The molecular formula is C25H40N2O9. The van der Waals surface area contributed by atoms with Gasteiger partial charge in [-0.2, -0.15) is 0 Å². The van der Waals surface area contributed by atoms with Crippen molar-refractivity contribution in [2.75, 3.05) is 13.2 Å². The van der Waals surface area contributed by atoms with Crippen LogP contribution < -0.4 is 5.32 Å². The average molecular weight is 513 g/mol. The van der Waals surface area contributed by atoms with E-state index in [1.807, 2.05) is 0 Å². The van der Waals surface area contributed by atoms with Crippen LogP contribution in [0, 0.1) is 17.8 Å². The number of nitrogens with zero attached hydrogens (tertiary/aromatic N) is 1. The highest BCUT2D eigenvalue weighted by atomic mass is 16.7. The van der Waals surface area contributed by atoms with Crippen LogP contribution >= 0.6 is 0 Å². The van der Waals surface area contributed by atoms with E-state index in [-0.39, 0.29) is 61.6 Å². The molecule has 36 heavy (non-hydrogen) atoms. The molecule has 11 nitrogen and oxygen atoms in total. The molecular weight excluding hydrogens is 472 g/mol. The van der Waals surface area contributed by atoms with Crippen LogP contribution in [-0.2, 0) is 43.0 Å². The third-order valence-electron chi connectivity index (χ3n) is 6.89. The second kappa shape index (κ2) is 14.3. The lowest BCUT2D eigenvalue weighted by Gasteiger charge is -2.43. The number of unbranched alkanes of at least 4 members (excludes halogenated alkanes) is 1. The summed E-state index contributed by atoms with van der Waals surface area (Å²) in [5.74, 6) is -1.44. The number of imide groups is 1. The fraction of sp³-hybridized carbons (Fsp3) is 0.800. The molecule has 0 spiro atoms. The summed E-state index contributed by atoms with van der Waals surface area (Å²) < 4.78 is 17.2. The summed E-state index contributed by atoms with van der Waals surface area (Å²) in [7, 11) is 0. The number of amides is 3. The van der Waals surface area contributed by atoms with Crippen LogP contribution in [0.15, 0.2) is 0 Å². The van der Waals surface area contributed by atoms with Crippen LogP contribution in [0.2, 0.25) is 0 Å². The van der Waals surface area contributed by atoms with E-state index >= 15 is 0 Å². The van der Waals surface area contributed by atoms with Crippen molar-refractivity contribution in [3.63, 3.8) is 0 Å². The summed E-state index contributed by atoms with van der Waals surface area (Å²) in [6.07, 6.45) is 1.00. The van der Waals surface area contributed by atoms with Crippen molar-refractivity contribution in [1.29, 1.82) is 0 Å². The minimum absolute atomic E-state index is 0.0660. The fourth-order valence-corrected chi connectivity index (χ4v) is 4.27. The minimum Gasteiger partial charge on any atom is -0.463 e. The normalized spacial score (nSPS) is 27.0. The van der Waals surface area contributed by atoms with Crippen LogP contribution in [0.3, 0.4) is 0 Å². The highest BCUT2D eigenvalue weighted by Gasteiger charge is 2.39. The van der Waals surface area contributed by atoms with E-state index in [1.165, 1.54) is 6.92 Å². The van der Waals surface area contributed by atoms with Gasteiger partial charge in [-0.25, -0.2) is 4.79 Å². The SMILES string of the molecule is CC(=O)OC(C)CCC(=O)NCC1OC(OCCCCC(=O)ON2C(=O)CCC2=O)C(C)C(C)C1C. The molecule has 2 rings (SSSR count). The standard InChI is InChI=1S/C25H40N2O9/c1-15(34-19(5)28)9-10-21(29)26-14-20-17(3)16(2)18(4)25(35-20)33-13-7-6-8-24(32)36-27-22(30)11-12-23(27)31/h15-18,20,25H,6-14H2,1-5H3,(H,26,29). The molecule has 2 heterocycles. The fourth-order valence-electron chi connectivity index (χ4n) is 4.27. The maximum absolute atomic E-state index is 12.2. The average Bonchev–Trinajstić information content (AvgIpc) is 3.13. The number of nitrogens with one attached hydrogen (secondary N) is 1. The zero-order valence-electron chi connectivity index (χ0n) is 21.9. The topological polar surface area (TPSA) is 138 Å².